The monoisotopic (exact) mass is 218 g/mol. The zero-order chi connectivity index (χ0) is 11.0. The molecular formula is C7H10N2O4S. The Morgan fingerprint density at radius 2 is 2.21 bits per heavy atom. The first-order valence-corrected chi connectivity index (χ1v) is 5.24. The lowest BCUT2D eigenvalue weighted by Gasteiger charge is -2.26. The van der Waals surface area contributed by atoms with Gasteiger partial charge in [0.2, 0.25) is 5.91 Å². The number of nitrogens with one attached hydrogen (secondary N) is 1. The summed E-state index contributed by atoms with van der Waals surface area (Å²) in [5.41, 5.74) is 4.97. The highest BCUT2D eigenvalue weighted by Crippen LogP contribution is 2.27. The Balaban J connectivity index is 3.33. The standard InChI is InChI=1S/C7H10N2O4S/c8-5-2-1-3-7(4-5,6(9)10)14(11,12)13/h1,3,8H,2,4H2,(H2,9,10)(H,11,12,13). The van der Waals surface area contributed by atoms with Crippen molar-refractivity contribution >= 4 is 21.7 Å². The Bertz CT molecular complexity index is 411. The van der Waals surface area contributed by atoms with Gasteiger partial charge in [-0.25, -0.2) is 0 Å². The van der Waals surface area contributed by atoms with Crippen LogP contribution in [0.1, 0.15) is 12.8 Å². The normalized spacial score (nSPS) is 27.6. The Hall–Kier alpha value is -1.21. The first-order chi connectivity index (χ1) is 6.29. The molecule has 1 aliphatic carbocycles. The van der Waals surface area contributed by atoms with Crippen LogP contribution in [0.3, 0.4) is 0 Å². The number of carbonyl (C=O) groups is 1. The van der Waals surface area contributed by atoms with Gasteiger partial charge in [0.15, 0.2) is 4.75 Å². The SMILES string of the molecule is N=C1CC=CC(C(N)=O)(S(=O)(=O)O)C1. The van der Waals surface area contributed by atoms with Crippen LogP contribution < -0.4 is 5.73 Å². The van der Waals surface area contributed by atoms with E-state index in [0.717, 1.165) is 6.08 Å². The highest BCUT2D eigenvalue weighted by molar-refractivity contribution is 7.88. The van der Waals surface area contributed by atoms with E-state index in [0.29, 0.717) is 0 Å². The summed E-state index contributed by atoms with van der Waals surface area (Å²) in [6, 6.07) is 0. The van der Waals surface area contributed by atoms with E-state index in [2.05, 4.69) is 0 Å². The summed E-state index contributed by atoms with van der Waals surface area (Å²) >= 11 is 0. The number of primary amides is 1. The van der Waals surface area contributed by atoms with Crippen molar-refractivity contribution < 1.29 is 17.8 Å². The fourth-order valence-electron chi connectivity index (χ4n) is 1.31. The van der Waals surface area contributed by atoms with Crippen molar-refractivity contribution in [2.24, 2.45) is 5.73 Å². The van der Waals surface area contributed by atoms with Gasteiger partial charge in [-0.15, -0.1) is 0 Å². The fourth-order valence-corrected chi connectivity index (χ4v) is 2.19. The van der Waals surface area contributed by atoms with Crippen molar-refractivity contribution in [3.05, 3.63) is 12.2 Å². The maximum Gasteiger partial charge on any atom is 0.283 e. The van der Waals surface area contributed by atoms with Gasteiger partial charge in [0.05, 0.1) is 0 Å². The van der Waals surface area contributed by atoms with Crippen molar-refractivity contribution in [2.75, 3.05) is 0 Å². The second-order valence-electron chi connectivity index (χ2n) is 3.12. The third-order valence-corrected chi connectivity index (χ3v) is 3.51. The molecule has 0 saturated carbocycles. The predicted octanol–water partition coefficient (Wildman–Crippen LogP) is -0.532. The molecule has 0 radical (unpaired) electrons. The molecule has 14 heavy (non-hydrogen) atoms. The first kappa shape index (κ1) is 10.9. The molecule has 1 rings (SSSR count). The molecule has 0 aliphatic heterocycles. The Labute approximate surface area is 81.0 Å². The summed E-state index contributed by atoms with van der Waals surface area (Å²) in [4.78, 5) is 11.0. The van der Waals surface area contributed by atoms with Gasteiger partial charge in [-0.3, -0.25) is 9.35 Å². The van der Waals surface area contributed by atoms with Gasteiger partial charge < -0.3 is 11.1 Å². The maximum absolute atomic E-state index is 11.0. The topological polar surface area (TPSA) is 121 Å². The van der Waals surface area contributed by atoms with Crippen molar-refractivity contribution in [3.63, 3.8) is 0 Å². The second-order valence-corrected chi connectivity index (χ2v) is 4.79. The first-order valence-electron chi connectivity index (χ1n) is 3.80. The van der Waals surface area contributed by atoms with Crippen LogP contribution in [-0.2, 0) is 14.9 Å². The zero-order valence-electron chi connectivity index (χ0n) is 7.23. The lowest BCUT2D eigenvalue weighted by molar-refractivity contribution is -0.119. The minimum Gasteiger partial charge on any atom is -0.368 e. The number of amides is 1. The molecule has 1 aliphatic rings. The Morgan fingerprint density at radius 3 is 2.50 bits per heavy atom. The van der Waals surface area contributed by atoms with E-state index in [-0.39, 0.29) is 18.6 Å². The van der Waals surface area contributed by atoms with Crippen LogP contribution in [0.5, 0.6) is 0 Å². The number of carbonyl (C=O) groups excluding carboxylic acids is 1. The molecule has 0 aromatic carbocycles. The van der Waals surface area contributed by atoms with Gasteiger partial charge in [0.1, 0.15) is 0 Å². The van der Waals surface area contributed by atoms with Crippen LogP contribution in [0.4, 0.5) is 0 Å². The van der Waals surface area contributed by atoms with E-state index in [1.54, 1.807) is 0 Å². The Kier molecular flexibility index (Phi) is 2.47. The molecule has 0 spiro atoms. The highest BCUT2D eigenvalue weighted by atomic mass is 32.2. The van der Waals surface area contributed by atoms with Gasteiger partial charge in [0, 0.05) is 18.6 Å². The van der Waals surface area contributed by atoms with Crippen LogP contribution in [-0.4, -0.2) is 29.3 Å². The number of nitrogens with two attached hydrogens (primary N) is 1. The molecule has 1 atom stereocenters. The van der Waals surface area contributed by atoms with E-state index in [1.807, 2.05) is 0 Å². The van der Waals surface area contributed by atoms with Crippen LogP contribution in [0.15, 0.2) is 12.2 Å². The van der Waals surface area contributed by atoms with E-state index < -0.39 is 20.8 Å². The maximum atomic E-state index is 11.0. The van der Waals surface area contributed by atoms with E-state index >= 15 is 0 Å². The molecule has 78 valence electrons. The summed E-state index contributed by atoms with van der Waals surface area (Å²) in [6.45, 7) is 0. The third kappa shape index (κ3) is 1.55. The van der Waals surface area contributed by atoms with Crippen LogP contribution in [0.2, 0.25) is 0 Å². The smallest absolute Gasteiger partial charge is 0.283 e. The fraction of sp³-hybridized carbons (Fsp3) is 0.429. The largest absolute Gasteiger partial charge is 0.368 e. The Morgan fingerprint density at radius 1 is 1.64 bits per heavy atom. The van der Waals surface area contributed by atoms with Gasteiger partial charge in [-0.05, 0) is 0 Å². The summed E-state index contributed by atoms with van der Waals surface area (Å²) in [5, 5.41) is 7.28. The molecule has 0 heterocycles. The number of hydrogen-bond acceptors (Lipinski definition) is 4. The molecule has 0 aromatic heterocycles. The van der Waals surface area contributed by atoms with E-state index in [9.17, 15) is 13.2 Å². The summed E-state index contributed by atoms with van der Waals surface area (Å²) < 4.78 is 28.8. The molecule has 1 amide bonds. The molecular weight excluding hydrogens is 208 g/mol. The van der Waals surface area contributed by atoms with Gasteiger partial charge in [0.25, 0.3) is 10.1 Å². The second kappa shape index (κ2) is 3.18. The lowest BCUT2D eigenvalue weighted by Crippen LogP contribution is -2.51. The average molecular weight is 218 g/mol. The average Bonchev–Trinajstić information content (AvgIpc) is 2.01. The van der Waals surface area contributed by atoms with Gasteiger partial charge in [-0.2, -0.15) is 8.42 Å². The van der Waals surface area contributed by atoms with E-state index in [1.165, 1.54) is 6.08 Å². The van der Waals surface area contributed by atoms with Crippen molar-refractivity contribution in [1.29, 1.82) is 5.41 Å². The van der Waals surface area contributed by atoms with Gasteiger partial charge >= 0.3 is 0 Å². The van der Waals surface area contributed by atoms with Crippen LogP contribution >= 0.6 is 0 Å². The minimum atomic E-state index is -4.62. The molecule has 4 N–H and O–H groups in total. The molecule has 6 nitrogen and oxygen atoms in total. The van der Waals surface area contributed by atoms with Crippen LogP contribution in [0, 0.1) is 5.41 Å². The quantitative estimate of drug-likeness (QED) is 0.426. The minimum absolute atomic E-state index is 0.0453. The van der Waals surface area contributed by atoms with Crippen LogP contribution in [0.25, 0.3) is 0 Å². The zero-order valence-corrected chi connectivity index (χ0v) is 8.04. The van der Waals surface area contributed by atoms with Gasteiger partial charge in [-0.1, -0.05) is 12.2 Å². The summed E-state index contributed by atoms with van der Waals surface area (Å²) in [7, 11) is -4.62. The summed E-state index contributed by atoms with van der Waals surface area (Å²) in [5.74, 6) is -1.17. The number of hydrogen-bond donors (Lipinski definition) is 3. The van der Waals surface area contributed by atoms with Crippen molar-refractivity contribution in [1.82, 2.24) is 0 Å². The number of rotatable bonds is 2. The molecule has 0 saturated heterocycles. The number of allylic oxidation sites excluding steroid dienone is 1. The molecule has 0 fully saturated rings. The lowest BCUT2D eigenvalue weighted by atomic mass is 9.93. The molecule has 0 aromatic rings. The third-order valence-electron chi connectivity index (χ3n) is 2.10. The molecule has 7 heteroatoms. The predicted molar refractivity (Wildman–Crippen MR) is 49.6 cm³/mol. The van der Waals surface area contributed by atoms with Crippen molar-refractivity contribution in [2.45, 2.75) is 17.6 Å². The molecule has 1 unspecified atom stereocenters. The highest BCUT2D eigenvalue weighted by Gasteiger charge is 2.48. The summed E-state index contributed by atoms with van der Waals surface area (Å²) in [6.07, 6.45) is 2.27. The van der Waals surface area contributed by atoms with E-state index in [4.69, 9.17) is 15.7 Å². The van der Waals surface area contributed by atoms with Crippen molar-refractivity contribution in [3.8, 4) is 0 Å². The molecule has 0 bridgehead atoms.